The molecule has 0 atom stereocenters. The van der Waals surface area contributed by atoms with E-state index >= 15 is 8.78 Å². The van der Waals surface area contributed by atoms with Crippen molar-refractivity contribution in [3.05, 3.63) is 140 Å². The minimum absolute atomic E-state index is 0.106. The van der Waals surface area contributed by atoms with Crippen molar-refractivity contribution < 1.29 is 52.9 Å². The second-order valence-corrected chi connectivity index (χ2v) is 11.7. The number of carbonyl (C=O) groups is 3. The predicted octanol–water partition coefficient (Wildman–Crippen LogP) is 6.97. The summed E-state index contributed by atoms with van der Waals surface area (Å²) in [6.45, 7) is 3.41. The molecule has 4 N–H and O–H groups in total. The maximum absolute atomic E-state index is 17.1. The van der Waals surface area contributed by atoms with E-state index in [-0.39, 0.29) is 39.5 Å². The van der Waals surface area contributed by atoms with Crippen LogP contribution >= 0.6 is 0 Å². The summed E-state index contributed by atoms with van der Waals surface area (Å²) < 4.78 is 40.8. The van der Waals surface area contributed by atoms with E-state index in [0.717, 1.165) is 9.14 Å². The molecule has 0 saturated heterocycles. The van der Waals surface area contributed by atoms with E-state index in [1.54, 1.807) is 50.3 Å². The van der Waals surface area contributed by atoms with Crippen molar-refractivity contribution in [1.82, 2.24) is 4.57 Å². The van der Waals surface area contributed by atoms with E-state index in [1.165, 1.54) is 67.8 Å². The van der Waals surface area contributed by atoms with Gasteiger partial charge in [0.15, 0.2) is 0 Å². The zero-order valence-electron chi connectivity index (χ0n) is 26.8. The molecule has 0 fully saturated rings. The summed E-state index contributed by atoms with van der Waals surface area (Å²) in [7, 11) is 1.26. The molecule has 4 aromatic rings. The van der Waals surface area contributed by atoms with Gasteiger partial charge >= 0.3 is 24.1 Å². The fourth-order valence-electron chi connectivity index (χ4n) is 6.17. The highest BCUT2D eigenvalue weighted by Gasteiger charge is 2.58. The third-order valence-electron chi connectivity index (χ3n) is 8.44. The standard InChI is InChI=1S/C38H28F2N2O8/c1-20-16-26(12-4-22-6-14-28(35(45)46)30(43)18-22)41-33(20)32(24-8-10-25(11-9-24)37(49)50-3)34-21(2)17-27(42(34)38(41,39)40)13-5-23-7-15-29(36(47)48)31(44)19-23/h4-19H,1-3H3,(H3-,43,44,45,46,47,48)/p+1/b12-4+,13-5+. The van der Waals surface area contributed by atoms with Gasteiger partial charge in [-0.2, -0.15) is 0 Å². The smallest absolute Gasteiger partial charge is 0.507 e. The Bertz CT molecular complexity index is 2290. The molecule has 252 valence electrons. The lowest BCUT2D eigenvalue weighted by atomic mass is 9.93. The molecule has 10 nitrogen and oxygen atoms in total. The first-order valence-corrected chi connectivity index (χ1v) is 15.1. The second kappa shape index (κ2) is 12.5. The van der Waals surface area contributed by atoms with Crippen molar-refractivity contribution in [1.29, 1.82) is 0 Å². The molecule has 0 bridgehead atoms. The molecule has 3 heterocycles. The number of hydrogen-bond donors (Lipinski definition) is 4. The van der Waals surface area contributed by atoms with Gasteiger partial charge in [-0.15, -0.1) is 13.4 Å². The van der Waals surface area contributed by atoms with Crippen LogP contribution in [0.25, 0.3) is 23.8 Å². The predicted molar refractivity (Wildman–Crippen MR) is 180 cm³/mol. The van der Waals surface area contributed by atoms with Crippen LogP contribution < -0.4 is 0 Å². The Labute approximate surface area is 283 Å². The molecule has 12 heteroatoms. The van der Waals surface area contributed by atoms with Gasteiger partial charge in [0, 0.05) is 17.7 Å². The lowest BCUT2D eigenvalue weighted by Crippen LogP contribution is -2.43. The Hall–Kier alpha value is -6.56. The molecule has 0 spiro atoms. The van der Waals surface area contributed by atoms with Crippen LogP contribution in [0.1, 0.15) is 71.6 Å². The zero-order chi connectivity index (χ0) is 36.1. The number of aromatic hydroxyl groups is 2. The van der Waals surface area contributed by atoms with Gasteiger partial charge in [0.1, 0.15) is 22.6 Å². The molecule has 3 aromatic carbocycles. The van der Waals surface area contributed by atoms with Crippen LogP contribution in [-0.2, 0) is 10.9 Å². The molecule has 2 aliphatic rings. The molecule has 6 rings (SSSR count). The number of ether oxygens (including phenoxy) is 1. The summed E-state index contributed by atoms with van der Waals surface area (Å²) in [6.07, 6.45) is 3.77. The highest BCUT2D eigenvalue weighted by molar-refractivity contribution is 6.07. The van der Waals surface area contributed by atoms with Crippen LogP contribution in [0.4, 0.5) is 8.78 Å². The Kier molecular flexibility index (Phi) is 8.32. The number of benzene rings is 3. The maximum atomic E-state index is 17.1. The number of phenols is 2. The number of aryl methyl sites for hydroxylation is 1. The first-order valence-electron chi connectivity index (χ1n) is 15.1. The van der Waals surface area contributed by atoms with E-state index < -0.39 is 35.6 Å². The first kappa shape index (κ1) is 33.3. The number of carbonyl (C=O) groups excluding carboxylic acids is 1. The summed E-state index contributed by atoms with van der Waals surface area (Å²) in [5, 5.41) is 38.9. The lowest BCUT2D eigenvalue weighted by molar-refractivity contribution is -0.674. The molecule has 0 saturated carbocycles. The Balaban J connectivity index is 1.55. The van der Waals surface area contributed by atoms with Gasteiger partial charge < -0.3 is 25.2 Å². The highest BCUT2D eigenvalue weighted by atomic mass is 19.3. The van der Waals surface area contributed by atoms with E-state index in [0.29, 0.717) is 33.4 Å². The molecule has 0 radical (unpaired) electrons. The van der Waals surface area contributed by atoms with E-state index in [9.17, 15) is 34.8 Å². The quantitative estimate of drug-likeness (QED) is 0.0887. The van der Waals surface area contributed by atoms with Crippen molar-refractivity contribution >= 4 is 47.4 Å². The largest absolute Gasteiger partial charge is 0.566 e. The number of carboxylic acids is 2. The number of methoxy groups -OCH3 is 1. The number of aromatic nitrogens is 1. The topological polar surface area (TPSA) is 149 Å². The van der Waals surface area contributed by atoms with Crippen LogP contribution in [-0.4, -0.2) is 60.3 Å². The summed E-state index contributed by atoms with van der Waals surface area (Å²) in [5.74, 6) is -4.12. The van der Waals surface area contributed by atoms with E-state index in [4.69, 9.17) is 4.74 Å². The van der Waals surface area contributed by atoms with E-state index in [2.05, 4.69) is 0 Å². The monoisotopic (exact) mass is 679 g/mol. The Morgan fingerprint density at radius 3 is 1.88 bits per heavy atom. The van der Waals surface area contributed by atoms with Gasteiger partial charge in [-0.25, -0.2) is 19.0 Å². The number of halogens is 2. The van der Waals surface area contributed by atoms with Crippen molar-refractivity contribution in [2.45, 2.75) is 20.0 Å². The molecule has 0 aliphatic carbocycles. The number of hydrogen-bond acceptors (Lipinski definition) is 6. The summed E-state index contributed by atoms with van der Waals surface area (Å²) in [6, 6.07) is 15.8. The van der Waals surface area contributed by atoms with Crippen molar-refractivity contribution in [3.63, 3.8) is 0 Å². The third-order valence-corrected chi connectivity index (χ3v) is 8.44. The number of fused-ring (bicyclic) bond motifs is 2. The van der Waals surface area contributed by atoms with E-state index in [1.807, 2.05) is 0 Å². The van der Waals surface area contributed by atoms with Crippen LogP contribution in [0.3, 0.4) is 0 Å². The Morgan fingerprint density at radius 2 is 1.36 bits per heavy atom. The summed E-state index contributed by atoms with van der Waals surface area (Å²) in [4.78, 5) is 34.9. The number of allylic oxidation sites excluding steroid dienone is 3. The molecule has 2 aliphatic heterocycles. The first-order chi connectivity index (χ1) is 23.7. The second-order valence-electron chi connectivity index (χ2n) is 11.7. The number of esters is 1. The van der Waals surface area contributed by atoms with Gasteiger partial charge in [-0.05, 0) is 90.7 Å². The highest BCUT2D eigenvalue weighted by Crippen LogP contribution is 2.48. The number of nitrogens with zero attached hydrogens (tertiary/aromatic N) is 2. The fraction of sp³-hybridized carbons (Fsp3) is 0.105. The Morgan fingerprint density at radius 1 is 0.800 bits per heavy atom. The average Bonchev–Trinajstić information content (AvgIpc) is 3.59. The number of alkyl halides is 2. The minimum atomic E-state index is -3.69. The number of rotatable bonds is 8. The maximum Gasteiger partial charge on any atom is 0.566 e. The fourth-order valence-corrected chi connectivity index (χ4v) is 6.17. The normalized spacial score (nSPS) is 15.0. The van der Waals surface area contributed by atoms with Gasteiger partial charge in [0.05, 0.1) is 29.6 Å². The number of carboxylic acid groups (broad SMARTS) is 2. The SMILES string of the molecule is COC(=O)c1ccc(C2=C3C(C)=CC(/C=C/c4ccc(C(=O)O)c(O)c4)=[N+]3C(F)(F)n3c(/C=C/c4ccc(C(=O)O)c(O)c4)cc(C)c32)cc1. The lowest BCUT2D eigenvalue weighted by Gasteiger charge is -2.27. The van der Waals surface area contributed by atoms with Gasteiger partial charge in [-0.3, -0.25) is 0 Å². The zero-order valence-corrected chi connectivity index (χ0v) is 26.8. The van der Waals surface area contributed by atoms with Crippen LogP contribution in [0, 0.1) is 6.92 Å². The van der Waals surface area contributed by atoms with Crippen molar-refractivity contribution in [2.75, 3.05) is 7.11 Å². The van der Waals surface area contributed by atoms with Crippen LogP contribution in [0.15, 0.2) is 90.2 Å². The minimum Gasteiger partial charge on any atom is -0.507 e. The summed E-state index contributed by atoms with van der Waals surface area (Å²) >= 11 is 0. The van der Waals surface area contributed by atoms with Crippen molar-refractivity contribution in [3.8, 4) is 11.5 Å². The average molecular weight is 680 g/mol. The third kappa shape index (κ3) is 5.66. The molecular formula is C38H29F2N2O8+. The molecule has 1 aromatic heterocycles. The van der Waals surface area contributed by atoms with Gasteiger partial charge in [0.25, 0.3) is 0 Å². The van der Waals surface area contributed by atoms with Crippen LogP contribution in [0.2, 0.25) is 0 Å². The van der Waals surface area contributed by atoms with Gasteiger partial charge in [-0.1, -0.05) is 30.3 Å². The van der Waals surface area contributed by atoms with Gasteiger partial charge in [0.2, 0.25) is 11.4 Å². The summed E-state index contributed by atoms with van der Waals surface area (Å²) in [5.41, 5.74) is 3.16. The molecule has 0 amide bonds. The number of aromatic carboxylic acids is 2. The molecule has 50 heavy (non-hydrogen) atoms. The van der Waals surface area contributed by atoms with Crippen molar-refractivity contribution in [2.24, 2.45) is 0 Å². The van der Waals surface area contributed by atoms with Crippen LogP contribution in [0.5, 0.6) is 11.5 Å². The molecule has 0 unspecified atom stereocenters. The molecular weight excluding hydrogens is 650 g/mol.